The molecule has 0 aliphatic heterocycles. The van der Waals surface area contributed by atoms with Crippen LogP contribution < -0.4 is 0 Å². The molecule has 0 amide bonds. The van der Waals surface area contributed by atoms with E-state index in [2.05, 4.69) is 27.7 Å². The van der Waals surface area contributed by atoms with E-state index in [-0.39, 0.29) is 30.1 Å². The molecule has 0 aliphatic carbocycles. The zero-order valence-corrected chi connectivity index (χ0v) is 38.8. The Morgan fingerprint density at radius 2 is 0.544 bits per heavy atom. The quantitative estimate of drug-likeness (QED) is 0.0346. The summed E-state index contributed by atoms with van der Waals surface area (Å²) in [5.74, 6) is -0.299. The number of carbonyl (C=O) groups is 3. The van der Waals surface area contributed by atoms with Gasteiger partial charge in [0.25, 0.3) is 0 Å². The molecule has 338 valence electrons. The molecule has 0 aromatic heterocycles. The average molecular weight is 807 g/mol. The fourth-order valence-corrected chi connectivity index (χ4v) is 7.85. The van der Waals surface area contributed by atoms with Crippen molar-refractivity contribution in [3.05, 3.63) is 0 Å². The molecule has 0 aromatic rings. The lowest BCUT2D eigenvalue weighted by Gasteiger charge is -2.27. The van der Waals surface area contributed by atoms with Gasteiger partial charge in [-0.05, 0) is 51.4 Å². The van der Waals surface area contributed by atoms with Gasteiger partial charge >= 0.3 is 17.9 Å². The van der Waals surface area contributed by atoms with Crippen LogP contribution in [-0.2, 0) is 28.6 Å². The highest BCUT2D eigenvalue weighted by atomic mass is 16.6. The molecule has 0 heterocycles. The van der Waals surface area contributed by atoms with Gasteiger partial charge in [0.05, 0.1) is 6.61 Å². The predicted molar refractivity (Wildman–Crippen MR) is 243 cm³/mol. The first-order valence-electron chi connectivity index (χ1n) is 25.5. The van der Waals surface area contributed by atoms with Crippen LogP contribution in [0.3, 0.4) is 0 Å². The van der Waals surface area contributed by atoms with E-state index in [4.69, 9.17) is 14.2 Å². The Labute approximate surface area is 355 Å². The molecule has 0 rings (SSSR count). The van der Waals surface area contributed by atoms with E-state index in [1.807, 2.05) is 0 Å². The average Bonchev–Trinajstić information content (AvgIpc) is 3.20. The number of rotatable bonds is 46. The highest BCUT2D eigenvalue weighted by Crippen LogP contribution is 2.23. The smallest absolute Gasteiger partial charge is 0.306 e. The van der Waals surface area contributed by atoms with Crippen LogP contribution in [0.25, 0.3) is 0 Å². The first kappa shape index (κ1) is 55.4. The Balaban J connectivity index is 4.91. The molecule has 2 unspecified atom stereocenters. The summed E-state index contributed by atoms with van der Waals surface area (Å²) in [5.41, 5.74) is 0. The SMILES string of the molecule is CCCCCCCCCCC(=O)OCCCCCCCCC(OC(=O)CCCCCCCCCC)C(CCCCCCCC)OC(=O)CCCCCCCCCC. The summed E-state index contributed by atoms with van der Waals surface area (Å²) in [6, 6.07) is 0. The molecular formula is C51H98O6. The lowest BCUT2D eigenvalue weighted by atomic mass is 9.99. The Morgan fingerprint density at radius 1 is 0.298 bits per heavy atom. The third kappa shape index (κ3) is 41.0. The van der Waals surface area contributed by atoms with Gasteiger partial charge in [0.1, 0.15) is 12.2 Å². The summed E-state index contributed by atoms with van der Waals surface area (Å²) >= 11 is 0. The van der Waals surface area contributed by atoms with Crippen molar-refractivity contribution in [2.75, 3.05) is 6.61 Å². The van der Waals surface area contributed by atoms with Crippen LogP contribution in [0.1, 0.15) is 291 Å². The molecule has 6 heteroatoms. The summed E-state index contributed by atoms with van der Waals surface area (Å²) in [5, 5.41) is 0. The lowest BCUT2D eigenvalue weighted by Crippen LogP contribution is -2.35. The first-order chi connectivity index (χ1) is 28.0. The van der Waals surface area contributed by atoms with Crippen molar-refractivity contribution in [3.8, 4) is 0 Å². The van der Waals surface area contributed by atoms with E-state index < -0.39 is 0 Å². The van der Waals surface area contributed by atoms with Gasteiger partial charge in [-0.1, -0.05) is 220 Å². The predicted octanol–water partition coefficient (Wildman–Crippen LogP) is 16.4. The van der Waals surface area contributed by atoms with Crippen molar-refractivity contribution in [1.29, 1.82) is 0 Å². The molecule has 2 atom stereocenters. The third-order valence-electron chi connectivity index (χ3n) is 11.7. The zero-order valence-electron chi connectivity index (χ0n) is 38.8. The first-order valence-corrected chi connectivity index (χ1v) is 25.5. The fourth-order valence-electron chi connectivity index (χ4n) is 7.85. The van der Waals surface area contributed by atoms with E-state index in [1.54, 1.807) is 0 Å². The van der Waals surface area contributed by atoms with Crippen LogP contribution in [0.15, 0.2) is 0 Å². The van der Waals surface area contributed by atoms with Gasteiger partial charge in [-0.15, -0.1) is 0 Å². The number of hydrogen-bond donors (Lipinski definition) is 0. The lowest BCUT2D eigenvalue weighted by molar-refractivity contribution is -0.169. The van der Waals surface area contributed by atoms with Crippen LogP contribution >= 0.6 is 0 Å². The van der Waals surface area contributed by atoms with Gasteiger partial charge in [0.15, 0.2) is 0 Å². The normalized spacial score (nSPS) is 12.4. The zero-order chi connectivity index (χ0) is 41.7. The highest BCUT2D eigenvalue weighted by Gasteiger charge is 2.28. The Hall–Kier alpha value is -1.59. The number of carbonyl (C=O) groups excluding carboxylic acids is 3. The minimum absolute atomic E-state index is 0.0435. The molecule has 0 fully saturated rings. The van der Waals surface area contributed by atoms with E-state index in [9.17, 15) is 14.4 Å². The molecule has 0 N–H and O–H groups in total. The molecule has 0 aliphatic rings. The van der Waals surface area contributed by atoms with Crippen molar-refractivity contribution in [2.45, 2.75) is 303 Å². The largest absolute Gasteiger partial charge is 0.466 e. The molecule has 0 aromatic carbocycles. The molecule has 0 saturated heterocycles. The summed E-state index contributed by atoms with van der Waals surface area (Å²) in [7, 11) is 0. The number of esters is 3. The summed E-state index contributed by atoms with van der Waals surface area (Å²) in [6.07, 6.45) is 44.4. The second kappa shape index (κ2) is 45.5. The summed E-state index contributed by atoms with van der Waals surface area (Å²) in [4.78, 5) is 38.6. The highest BCUT2D eigenvalue weighted by molar-refractivity contribution is 5.70. The fraction of sp³-hybridized carbons (Fsp3) is 0.941. The molecule has 0 bridgehead atoms. The Morgan fingerprint density at radius 3 is 0.860 bits per heavy atom. The summed E-state index contributed by atoms with van der Waals surface area (Å²) in [6.45, 7) is 9.51. The van der Waals surface area contributed by atoms with Gasteiger partial charge in [0, 0.05) is 19.3 Å². The van der Waals surface area contributed by atoms with Gasteiger partial charge in [-0.25, -0.2) is 0 Å². The van der Waals surface area contributed by atoms with Crippen molar-refractivity contribution in [1.82, 2.24) is 0 Å². The maximum atomic E-state index is 13.2. The van der Waals surface area contributed by atoms with Gasteiger partial charge in [-0.2, -0.15) is 0 Å². The van der Waals surface area contributed by atoms with Crippen molar-refractivity contribution in [3.63, 3.8) is 0 Å². The topological polar surface area (TPSA) is 78.9 Å². The molecule has 0 spiro atoms. The van der Waals surface area contributed by atoms with E-state index in [0.717, 1.165) is 103 Å². The van der Waals surface area contributed by atoms with E-state index in [1.165, 1.54) is 141 Å². The molecule has 0 radical (unpaired) electrons. The maximum absolute atomic E-state index is 13.2. The summed E-state index contributed by atoms with van der Waals surface area (Å²) < 4.78 is 18.0. The standard InChI is InChI=1S/C51H98O6/c1-5-9-13-17-21-24-31-37-43-49(52)55-46-40-34-28-27-30-36-42-48(57-51(54)45-39-33-26-23-19-15-11-7-3)47(41-35-29-20-16-12-8-4)56-50(53)44-38-32-25-22-18-14-10-6-2/h47-48H,5-46H2,1-4H3. The van der Waals surface area contributed by atoms with Crippen LogP contribution in [0.5, 0.6) is 0 Å². The third-order valence-corrected chi connectivity index (χ3v) is 11.7. The van der Waals surface area contributed by atoms with Gasteiger partial charge in [0.2, 0.25) is 0 Å². The molecule has 0 saturated carbocycles. The molecule has 6 nitrogen and oxygen atoms in total. The van der Waals surface area contributed by atoms with Crippen LogP contribution in [0.2, 0.25) is 0 Å². The monoisotopic (exact) mass is 807 g/mol. The van der Waals surface area contributed by atoms with Gasteiger partial charge < -0.3 is 14.2 Å². The van der Waals surface area contributed by atoms with Crippen molar-refractivity contribution >= 4 is 17.9 Å². The number of unbranched alkanes of at least 4 members (excludes halogenated alkanes) is 31. The second-order valence-corrected chi connectivity index (χ2v) is 17.4. The number of hydrogen-bond acceptors (Lipinski definition) is 6. The Kier molecular flexibility index (Phi) is 44.2. The Bertz CT molecular complexity index is 859. The molecular weight excluding hydrogens is 709 g/mol. The number of ether oxygens (including phenoxy) is 3. The maximum Gasteiger partial charge on any atom is 0.306 e. The van der Waals surface area contributed by atoms with Gasteiger partial charge in [-0.3, -0.25) is 14.4 Å². The molecule has 57 heavy (non-hydrogen) atoms. The van der Waals surface area contributed by atoms with Crippen molar-refractivity contribution < 1.29 is 28.6 Å². The minimum Gasteiger partial charge on any atom is -0.466 e. The van der Waals surface area contributed by atoms with Crippen LogP contribution in [0, 0.1) is 0 Å². The second-order valence-electron chi connectivity index (χ2n) is 17.4. The minimum atomic E-state index is -0.370. The van der Waals surface area contributed by atoms with Crippen molar-refractivity contribution in [2.24, 2.45) is 0 Å². The van der Waals surface area contributed by atoms with Crippen LogP contribution in [-0.4, -0.2) is 36.7 Å². The van der Waals surface area contributed by atoms with E-state index >= 15 is 0 Å². The van der Waals surface area contributed by atoms with Crippen LogP contribution in [0.4, 0.5) is 0 Å². The van der Waals surface area contributed by atoms with E-state index in [0.29, 0.717) is 25.9 Å².